The number of aromatic nitrogens is 1. The molecule has 1 heterocycles. The summed E-state index contributed by atoms with van der Waals surface area (Å²) < 4.78 is 5.45. The second kappa shape index (κ2) is 5.91. The van der Waals surface area contributed by atoms with Gasteiger partial charge < -0.3 is 15.8 Å². The molecule has 3 N–H and O–H groups in total. The van der Waals surface area contributed by atoms with Crippen LogP contribution in [-0.4, -0.2) is 11.6 Å². The first-order chi connectivity index (χ1) is 8.79. The lowest BCUT2D eigenvalue weighted by Gasteiger charge is -2.11. The minimum Gasteiger partial charge on any atom is -0.492 e. The van der Waals surface area contributed by atoms with Crippen molar-refractivity contribution in [1.82, 2.24) is 4.98 Å². The molecular weight excluding hydrogens is 226 g/mol. The van der Waals surface area contributed by atoms with Gasteiger partial charge in [0.2, 0.25) is 0 Å². The average molecular weight is 243 g/mol. The van der Waals surface area contributed by atoms with Crippen LogP contribution in [0.3, 0.4) is 0 Å². The second-order valence-corrected chi connectivity index (χ2v) is 3.90. The Morgan fingerprint density at radius 2 is 2.22 bits per heavy atom. The molecule has 0 amide bonds. The van der Waals surface area contributed by atoms with Gasteiger partial charge in [-0.3, -0.25) is 4.98 Å². The van der Waals surface area contributed by atoms with Crippen LogP contribution in [-0.2, 0) is 6.54 Å². The number of rotatable bonds is 5. The highest BCUT2D eigenvalue weighted by Gasteiger charge is 2.01. The normalized spacial score (nSPS) is 10.1. The molecule has 0 spiro atoms. The summed E-state index contributed by atoms with van der Waals surface area (Å²) in [5.74, 6) is 0.716. The van der Waals surface area contributed by atoms with Crippen molar-refractivity contribution in [3.63, 3.8) is 0 Å². The molecule has 0 fully saturated rings. The molecule has 94 valence electrons. The average Bonchev–Trinajstić information content (AvgIpc) is 2.41. The number of hydrogen-bond acceptors (Lipinski definition) is 4. The Kier molecular flexibility index (Phi) is 4.02. The molecule has 0 aliphatic heterocycles. The number of nitrogens with zero attached hydrogens (tertiary/aromatic N) is 1. The Morgan fingerprint density at radius 1 is 1.33 bits per heavy atom. The number of nitrogen functional groups attached to an aromatic ring is 1. The van der Waals surface area contributed by atoms with Crippen molar-refractivity contribution >= 4 is 11.4 Å². The van der Waals surface area contributed by atoms with Crippen molar-refractivity contribution in [2.75, 3.05) is 17.7 Å². The summed E-state index contributed by atoms with van der Waals surface area (Å²) in [6, 6.07) is 9.65. The molecule has 0 atom stereocenters. The maximum atomic E-state index is 5.82. The number of ether oxygens (including phenoxy) is 1. The van der Waals surface area contributed by atoms with Gasteiger partial charge >= 0.3 is 0 Å². The summed E-state index contributed by atoms with van der Waals surface area (Å²) in [5, 5.41) is 3.31. The van der Waals surface area contributed by atoms with Gasteiger partial charge in [0.05, 0.1) is 12.3 Å². The van der Waals surface area contributed by atoms with Crippen LogP contribution >= 0.6 is 0 Å². The number of nitrogens with two attached hydrogens (primary N) is 1. The van der Waals surface area contributed by atoms with Crippen molar-refractivity contribution < 1.29 is 4.74 Å². The molecule has 0 saturated heterocycles. The highest BCUT2D eigenvalue weighted by atomic mass is 16.5. The van der Waals surface area contributed by atoms with Crippen LogP contribution in [0, 0.1) is 0 Å². The number of benzene rings is 1. The molecule has 1 aromatic heterocycles. The Balaban J connectivity index is 2.03. The van der Waals surface area contributed by atoms with Crippen molar-refractivity contribution in [3.8, 4) is 5.75 Å². The number of pyridine rings is 1. The zero-order valence-electron chi connectivity index (χ0n) is 10.4. The van der Waals surface area contributed by atoms with Gasteiger partial charge in [-0.1, -0.05) is 6.07 Å². The van der Waals surface area contributed by atoms with E-state index in [2.05, 4.69) is 10.3 Å². The van der Waals surface area contributed by atoms with Crippen LogP contribution < -0.4 is 15.8 Å². The first-order valence-electron chi connectivity index (χ1n) is 5.94. The van der Waals surface area contributed by atoms with E-state index >= 15 is 0 Å². The van der Waals surface area contributed by atoms with Gasteiger partial charge in [-0.05, 0) is 30.7 Å². The van der Waals surface area contributed by atoms with Gasteiger partial charge in [-0.25, -0.2) is 0 Å². The van der Waals surface area contributed by atoms with E-state index in [-0.39, 0.29) is 0 Å². The van der Waals surface area contributed by atoms with Crippen LogP contribution in [0.1, 0.15) is 12.5 Å². The van der Waals surface area contributed by atoms with Crippen molar-refractivity contribution in [2.45, 2.75) is 13.5 Å². The lowest BCUT2D eigenvalue weighted by molar-refractivity contribution is 0.342. The van der Waals surface area contributed by atoms with E-state index in [1.54, 1.807) is 6.20 Å². The van der Waals surface area contributed by atoms with Crippen LogP contribution in [0.5, 0.6) is 5.75 Å². The monoisotopic (exact) mass is 243 g/mol. The third kappa shape index (κ3) is 3.13. The summed E-state index contributed by atoms with van der Waals surface area (Å²) in [7, 11) is 0. The van der Waals surface area contributed by atoms with E-state index in [9.17, 15) is 0 Å². The molecule has 2 rings (SSSR count). The minimum absolute atomic E-state index is 0.607. The lowest BCUT2D eigenvalue weighted by Crippen LogP contribution is -2.02. The van der Waals surface area contributed by atoms with Crippen LogP contribution in [0.4, 0.5) is 11.4 Å². The summed E-state index contributed by atoms with van der Waals surface area (Å²) in [5.41, 5.74) is 8.59. The summed E-state index contributed by atoms with van der Waals surface area (Å²) >= 11 is 0. The zero-order valence-corrected chi connectivity index (χ0v) is 10.4. The Hall–Kier alpha value is -2.23. The fourth-order valence-corrected chi connectivity index (χ4v) is 1.63. The molecule has 0 radical (unpaired) electrons. The standard InChI is InChI=1S/C14H17N3O/c1-2-18-14-8-12(5-6-13(14)15)17-10-11-4-3-7-16-9-11/h3-9,17H,2,10,15H2,1H3. The van der Waals surface area contributed by atoms with Crippen molar-refractivity contribution in [3.05, 3.63) is 48.3 Å². The van der Waals surface area contributed by atoms with Crippen molar-refractivity contribution in [2.24, 2.45) is 0 Å². The molecule has 0 saturated carbocycles. The molecule has 0 unspecified atom stereocenters. The maximum absolute atomic E-state index is 5.82. The fourth-order valence-electron chi connectivity index (χ4n) is 1.63. The Labute approximate surface area is 107 Å². The first-order valence-corrected chi connectivity index (χ1v) is 5.94. The highest BCUT2D eigenvalue weighted by molar-refractivity contribution is 5.61. The zero-order chi connectivity index (χ0) is 12.8. The van der Waals surface area contributed by atoms with Gasteiger partial charge in [-0.15, -0.1) is 0 Å². The van der Waals surface area contributed by atoms with Crippen LogP contribution in [0.15, 0.2) is 42.7 Å². The van der Waals surface area contributed by atoms with E-state index in [4.69, 9.17) is 10.5 Å². The van der Waals surface area contributed by atoms with Crippen LogP contribution in [0.2, 0.25) is 0 Å². The Bertz CT molecular complexity index is 500. The second-order valence-electron chi connectivity index (χ2n) is 3.90. The summed E-state index contributed by atoms with van der Waals surface area (Å²) in [6.07, 6.45) is 3.60. The van der Waals surface area contributed by atoms with E-state index in [0.29, 0.717) is 18.0 Å². The molecule has 0 aliphatic rings. The SMILES string of the molecule is CCOc1cc(NCc2cccnc2)ccc1N. The molecule has 4 nitrogen and oxygen atoms in total. The number of hydrogen-bond donors (Lipinski definition) is 2. The first kappa shape index (κ1) is 12.2. The highest BCUT2D eigenvalue weighted by Crippen LogP contribution is 2.25. The third-order valence-electron chi connectivity index (χ3n) is 2.53. The van der Waals surface area contributed by atoms with E-state index < -0.39 is 0 Å². The predicted octanol–water partition coefficient (Wildman–Crippen LogP) is 2.67. The molecule has 4 heteroatoms. The lowest BCUT2D eigenvalue weighted by atomic mass is 10.2. The quantitative estimate of drug-likeness (QED) is 0.793. The molecule has 18 heavy (non-hydrogen) atoms. The topological polar surface area (TPSA) is 60.2 Å². The smallest absolute Gasteiger partial charge is 0.144 e. The molecule has 2 aromatic rings. The van der Waals surface area contributed by atoms with E-state index in [1.165, 1.54) is 0 Å². The Morgan fingerprint density at radius 3 is 2.94 bits per heavy atom. The largest absolute Gasteiger partial charge is 0.492 e. The van der Waals surface area contributed by atoms with Gasteiger partial charge in [-0.2, -0.15) is 0 Å². The van der Waals surface area contributed by atoms with Crippen LogP contribution in [0.25, 0.3) is 0 Å². The van der Waals surface area contributed by atoms with Gasteiger partial charge in [0.1, 0.15) is 5.75 Å². The number of anilines is 2. The number of nitrogens with one attached hydrogen (secondary N) is 1. The van der Waals surface area contributed by atoms with Crippen molar-refractivity contribution in [1.29, 1.82) is 0 Å². The molecule has 1 aromatic carbocycles. The minimum atomic E-state index is 0.607. The molecule has 0 aliphatic carbocycles. The summed E-state index contributed by atoms with van der Waals surface area (Å²) in [6.45, 7) is 3.27. The predicted molar refractivity (Wildman–Crippen MR) is 73.6 cm³/mol. The van der Waals surface area contributed by atoms with Gasteiger partial charge in [0, 0.05) is 30.7 Å². The molecule has 0 bridgehead atoms. The maximum Gasteiger partial charge on any atom is 0.144 e. The summed E-state index contributed by atoms with van der Waals surface area (Å²) in [4.78, 5) is 4.07. The fraction of sp³-hybridized carbons (Fsp3) is 0.214. The molecular formula is C14H17N3O. The van der Waals surface area contributed by atoms with E-state index in [0.717, 1.165) is 17.8 Å². The van der Waals surface area contributed by atoms with E-state index in [1.807, 2.05) is 43.5 Å². The third-order valence-corrected chi connectivity index (χ3v) is 2.53. The van der Waals surface area contributed by atoms with Gasteiger partial charge in [0.25, 0.3) is 0 Å². The van der Waals surface area contributed by atoms with Gasteiger partial charge in [0.15, 0.2) is 0 Å².